The number of ether oxygens (including phenoxy) is 1. The third-order valence-corrected chi connectivity index (χ3v) is 4.18. The number of aliphatic imine (C=N–C) groups is 1. The molecule has 0 saturated carbocycles. The SMILES string of the molecule is N/C(=C\N=CC=O)CCN1CCC(COc2ccc(F)cc2F)CC1. The minimum atomic E-state index is -0.670. The number of halogens is 2. The second-order valence-corrected chi connectivity index (χ2v) is 6.06. The first-order valence-electron chi connectivity index (χ1n) is 8.30. The Labute approximate surface area is 146 Å². The number of aldehydes is 1. The van der Waals surface area contributed by atoms with Crippen LogP contribution in [0.25, 0.3) is 0 Å². The van der Waals surface area contributed by atoms with Crippen LogP contribution < -0.4 is 10.5 Å². The highest BCUT2D eigenvalue weighted by Crippen LogP contribution is 2.22. The molecule has 1 aromatic rings. The molecule has 1 fully saturated rings. The average Bonchev–Trinajstić information content (AvgIpc) is 2.60. The Morgan fingerprint density at radius 3 is 2.80 bits per heavy atom. The molecule has 0 unspecified atom stereocenters. The molecule has 0 aromatic heterocycles. The highest BCUT2D eigenvalue weighted by atomic mass is 19.1. The van der Waals surface area contributed by atoms with Crippen molar-refractivity contribution in [2.45, 2.75) is 19.3 Å². The summed E-state index contributed by atoms with van der Waals surface area (Å²) in [6.07, 6.45) is 5.85. The minimum Gasteiger partial charge on any atom is -0.490 e. The molecule has 1 aliphatic rings. The lowest BCUT2D eigenvalue weighted by Crippen LogP contribution is -2.36. The van der Waals surface area contributed by atoms with Crippen LogP contribution in [0.5, 0.6) is 5.75 Å². The molecule has 2 rings (SSSR count). The van der Waals surface area contributed by atoms with Crippen molar-refractivity contribution >= 4 is 12.5 Å². The summed E-state index contributed by atoms with van der Waals surface area (Å²) in [5.74, 6) is -0.830. The fraction of sp³-hybridized carbons (Fsp3) is 0.444. The third kappa shape index (κ3) is 6.62. The fourth-order valence-corrected chi connectivity index (χ4v) is 2.70. The maximum atomic E-state index is 13.5. The van der Waals surface area contributed by atoms with Crippen molar-refractivity contribution in [3.8, 4) is 5.75 Å². The quantitative estimate of drug-likeness (QED) is 0.577. The zero-order valence-electron chi connectivity index (χ0n) is 14.0. The second kappa shape index (κ2) is 9.88. The van der Waals surface area contributed by atoms with E-state index in [1.807, 2.05) is 0 Å². The monoisotopic (exact) mass is 351 g/mol. The van der Waals surface area contributed by atoms with Crippen molar-refractivity contribution in [2.75, 3.05) is 26.2 Å². The van der Waals surface area contributed by atoms with Gasteiger partial charge in [-0.1, -0.05) is 0 Å². The molecule has 0 aliphatic carbocycles. The molecule has 1 heterocycles. The summed E-state index contributed by atoms with van der Waals surface area (Å²) in [5.41, 5.74) is 6.45. The Balaban J connectivity index is 1.68. The molecule has 1 aliphatic heterocycles. The Hall–Kier alpha value is -2.28. The Kier molecular flexibility index (Phi) is 7.53. The van der Waals surface area contributed by atoms with Crippen LogP contribution in [0.2, 0.25) is 0 Å². The highest BCUT2D eigenvalue weighted by Gasteiger charge is 2.20. The van der Waals surface area contributed by atoms with Gasteiger partial charge >= 0.3 is 0 Å². The van der Waals surface area contributed by atoms with Gasteiger partial charge in [0.05, 0.1) is 12.8 Å². The van der Waals surface area contributed by atoms with Crippen molar-refractivity contribution < 1.29 is 18.3 Å². The van der Waals surface area contributed by atoms with E-state index in [0.717, 1.165) is 44.8 Å². The van der Waals surface area contributed by atoms with E-state index in [2.05, 4.69) is 9.89 Å². The number of benzene rings is 1. The summed E-state index contributed by atoms with van der Waals surface area (Å²) < 4.78 is 31.9. The summed E-state index contributed by atoms with van der Waals surface area (Å²) in [5, 5.41) is 0. The van der Waals surface area contributed by atoms with E-state index in [1.165, 1.54) is 18.3 Å². The first kappa shape index (κ1) is 19.1. The van der Waals surface area contributed by atoms with Crippen molar-refractivity contribution in [1.82, 2.24) is 4.90 Å². The van der Waals surface area contributed by atoms with Gasteiger partial charge < -0.3 is 15.4 Å². The van der Waals surface area contributed by atoms with E-state index in [4.69, 9.17) is 10.5 Å². The molecule has 0 bridgehead atoms. The fourth-order valence-electron chi connectivity index (χ4n) is 2.70. The number of piperidine rings is 1. The van der Waals surface area contributed by atoms with Crippen LogP contribution in [0.1, 0.15) is 19.3 Å². The van der Waals surface area contributed by atoms with Crippen molar-refractivity contribution in [3.63, 3.8) is 0 Å². The summed E-state index contributed by atoms with van der Waals surface area (Å²) >= 11 is 0. The number of hydrogen-bond acceptors (Lipinski definition) is 5. The number of likely N-dealkylation sites (tertiary alicyclic amines) is 1. The van der Waals surface area contributed by atoms with Gasteiger partial charge in [-0.2, -0.15) is 0 Å². The molecule has 2 N–H and O–H groups in total. The Morgan fingerprint density at radius 2 is 2.12 bits per heavy atom. The van der Waals surface area contributed by atoms with E-state index in [9.17, 15) is 13.6 Å². The van der Waals surface area contributed by atoms with E-state index >= 15 is 0 Å². The van der Waals surface area contributed by atoms with Crippen molar-refractivity contribution in [1.29, 1.82) is 0 Å². The predicted octanol–water partition coefficient (Wildman–Crippen LogP) is 2.52. The van der Waals surface area contributed by atoms with Gasteiger partial charge in [0, 0.05) is 30.9 Å². The first-order chi connectivity index (χ1) is 12.1. The van der Waals surface area contributed by atoms with Gasteiger partial charge in [0.1, 0.15) is 5.82 Å². The molecule has 1 saturated heterocycles. The van der Waals surface area contributed by atoms with Gasteiger partial charge in [0.15, 0.2) is 17.9 Å². The lowest BCUT2D eigenvalue weighted by atomic mass is 9.97. The predicted molar refractivity (Wildman–Crippen MR) is 92.5 cm³/mol. The number of carbonyl (C=O) groups excluding carboxylic acids is 1. The lowest BCUT2D eigenvalue weighted by molar-refractivity contribution is -0.102. The van der Waals surface area contributed by atoms with Gasteiger partial charge in [0.2, 0.25) is 0 Å². The van der Waals surface area contributed by atoms with Gasteiger partial charge in [0.25, 0.3) is 0 Å². The maximum Gasteiger partial charge on any atom is 0.167 e. The maximum absolute atomic E-state index is 13.5. The smallest absolute Gasteiger partial charge is 0.167 e. The molecule has 1 aromatic carbocycles. The molecule has 0 atom stereocenters. The normalized spacial score (nSPS) is 17.1. The number of hydrogen-bond donors (Lipinski definition) is 1. The average molecular weight is 351 g/mol. The van der Waals surface area contributed by atoms with Crippen LogP contribution >= 0.6 is 0 Å². The molecule has 7 heteroatoms. The molecular weight excluding hydrogens is 328 g/mol. The first-order valence-corrected chi connectivity index (χ1v) is 8.30. The van der Waals surface area contributed by atoms with Crippen LogP contribution in [-0.2, 0) is 4.79 Å². The third-order valence-electron chi connectivity index (χ3n) is 4.18. The molecule has 0 amide bonds. The summed E-state index contributed by atoms with van der Waals surface area (Å²) in [6.45, 7) is 3.10. The molecule has 0 radical (unpaired) electrons. The lowest BCUT2D eigenvalue weighted by Gasteiger charge is -2.31. The molecule has 136 valence electrons. The standard InChI is InChI=1S/C18H23F2N3O2/c19-15-1-2-18(17(20)11-15)25-13-14-3-7-23(8-4-14)9-5-16(21)12-22-6-10-24/h1-2,6,10-12,14H,3-5,7-9,13,21H2/b16-12-,22-6?. The van der Waals surface area contributed by atoms with Gasteiger partial charge in [-0.25, -0.2) is 8.78 Å². The van der Waals surface area contributed by atoms with E-state index in [0.29, 0.717) is 30.9 Å². The Morgan fingerprint density at radius 1 is 1.36 bits per heavy atom. The molecule has 0 spiro atoms. The van der Waals surface area contributed by atoms with E-state index in [1.54, 1.807) is 0 Å². The molecule has 25 heavy (non-hydrogen) atoms. The van der Waals surface area contributed by atoms with Gasteiger partial charge in [-0.15, -0.1) is 0 Å². The van der Waals surface area contributed by atoms with Crippen LogP contribution in [0.4, 0.5) is 8.78 Å². The Bertz CT molecular complexity index is 627. The zero-order valence-corrected chi connectivity index (χ0v) is 14.0. The van der Waals surface area contributed by atoms with Crippen molar-refractivity contribution in [3.05, 3.63) is 41.7 Å². The summed E-state index contributed by atoms with van der Waals surface area (Å²) in [6, 6.07) is 3.34. The van der Waals surface area contributed by atoms with Crippen LogP contribution in [0, 0.1) is 17.6 Å². The van der Waals surface area contributed by atoms with Crippen LogP contribution in [-0.4, -0.2) is 43.6 Å². The summed E-state index contributed by atoms with van der Waals surface area (Å²) in [7, 11) is 0. The second-order valence-electron chi connectivity index (χ2n) is 6.06. The van der Waals surface area contributed by atoms with E-state index in [-0.39, 0.29) is 5.75 Å². The largest absolute Gasteiger partial charge is 0.490 e. The zero-order chi connectivity index (χ0) is 18.1. The highest BCUT2D eigenvalue weighted by molar-refractivity contribution is 6.13. The molecular formula is C18H23F2N3O2. The number of nitrogens with two attached hydrogens (primary N) is 1. The van der Waals surface area contributed by atoms with Gasteiger partial charge in [-0.05, 0) is 44.0 Å². The van der Waals surface area contributed by atoms with E-state index < -0.39 is 11.6 Å². The molecule has 5 nitrogen and oxygen atoms in total. The topological polar surface area (TPSA) is 67.9 Å². The number of nitrogens with zero attached hydrogens (tertiary/aromatic N) is 2. The number of carbonyl (C=O) groups is 1. The van der Waals surface area contributed by atoms with Crippen LogP contribution in [0.15, 0.2) is 35.1 Å². The summed E-state index contributed by atoms with van der Waals surface area (Å²) in [4.78, 5) is 16.2. The van der Waals surface area contributed by atoms with Crippen LogP contribution in [0.3, 0.4) is 0 Å². The van der Waals surface area contributed by atoms with Gasteiger partial charge in [-0.3, -0.25) is 9.79 Å². The van der Waals surface area contributed by atoms with Crippen molar-refractivity contribution in [2.24, 2.45) is 16.6 Å². The number of rotatable bonds is 8. The minimum absolute atomic E-state index is 0.0950.